The predicted molar refractivity (Wildman–Crippen MR) is 144 cm³/mol. The lowest BCUT2D eigenvalue weighted by molar-refractivity contribution is -0.139. The Morgan fingerprint density at radius 2 is 1.57 bits per heavy atom. The van der Waals surface area contributed by atoms with E-state index in [4.69, 9.17) is 10.2 Å². The van der Waals surface area contributed by atoms with Gasteiger partial charge in [-0.1, -0.05) is 69.5 Å². The third-order valence-electron chi connectivity index (χ3n) is 3.53. The van der Waals surface area contributed by atoms with Gasteiger partial charge in [0.05, 0.1) is 32.2 Å². The highest BCUT2D eigenvalue weighted by Gasteiger charge is 2.06. The summed E-state index contributed by atoms with van der Waals surface area (Å²) < 4.78 is 13.5. The molecule has 0 saturated carbocycles. The van der Waals surface area contributed by atoms with E-state index in [1.807, 2.05) is 43.3 Å². The average molecular weight is 519 g/mol. The van der Waals surface area contributed by atoms with Crippen molar-refractivity contribution in [2.45, 2.75) is 33.6 Å². The number of aliphatic carboxylic acids is 1. The van der Waals surface area contributed by atoms with Gasteiger partial charge in [0.15, 0.2) is 0 Å². The van der Waals surface area contributed by atoms with Crippen LogP contribution in [-0.4, -0.2) is 54.4 Å². The molecule has 0 bridgehead atoms. The van der Waals surface area contributed by atoms with Crippen molar-refractivity contribution in [2.75, 3.05) is 20.3 Å². The normalized spacial score (nSPS) is 9.46. The molecule has 1 rings (SSSR count). The molecule has 0 atom stereocenters. The van der Waals surface area contributed by atoms with Crippen LogP contribution in [0.4, 0.5) is 0 Å². The maximum atomic E-state index is 10.9. The van der Waals surface area contributed by atoms with Crippen molar-refractivity contribution in [2.24, 2.45) is 0 Å². The van der Waals surface area contributed by atoms with Crippen molar-refractivity contribution >= 4 is 30.0 Å². The molecule has 37 heavy (non-hydrogen) atoms. The van der Waals surface area contributed by atoms with Crippen LogP contribution in [0.25, 0.3) is 6.08 Å². The van der Waals surface area contributed by atoms with Gasteiger partial charge in [-0.25, -0.2) is 19.2 Å². The predicted octanol–water partition coefficient (Wildman–Crippen LogP) is 5.21. The Labute approximate surface area is 219 Å². The van der Waals surface area contributed by atoms with Crippen LogP contribution in [0.15, 0.2) is 85.7 Å². The lowest BCUT2D eigenvalue weighted by Gasteiger charge is -1.99. The van der Waals surface area contributed by atoms with Gasteiger partial charge in [-0.2, -0.15) is 0 Å². The number of esters is 3. The Balaban J connectivity index is -0.000000429. The second-order valence-electron chi connectivity index (χ2n) is 6.59. The van der Waals surface area contributed by atoms with Gasteiger partial charge in [0.25, 0.3) is 0 Å². The lowest BCUT2D eigenvalue weighted by atomic mass is 10.2. The number of hydrogen-bond acceptors (Lipinski definition) is 8. The summed E-state index contributed by atoms with van der Waals surface area (Å²) in [7, 11) is 1.33. The molecule has 0 amide bonds. The molecule has 2 N–H and O–H groups in total. The summed E-state index contributed by atoms with van der Waals surface area (Å²) in [6.45, 7) is 16.2. The Morgan fingerprint density at radius 1 is 0.973 bits per heavy atom. The van der Waals surface area contributed by atoms with Gasteiger partial charge in [-0.3, -0.25) is 0 Å². The van der Waals surface area contributed by atoms with E-state index in [0.29, 0.717) is 18.4 Å². The van der Waals surface area contributed by atoms with Crippen molar-refractivity contribution in [3.8, 4) is 0 Å². The van der Waals surface area contributed by atoms with Crippen LogP contribution < -0.4 is 0 Å². The largest absolute Gasteiger partial charge is 0.515 e. The number of ether oxygens (including phenoxy) is 3. The van der Waals surface area contributed by atoms with Crippen LogP contribution in [0.5, 0.6) is 0 Å². The van der Waals surface area contributed by atoms with E-state index in [1.54, 1.807) is 13.8 Å². The van der Waals surface area contributed by atoms with E-state index in [-0.39, 0.29) is 24.1 Å². The molecule has 0 saturated heterocycles. The summed E-state index contributed by atoms with van der Waals surface area (Å²) in [6.07, 6.45) is 7.18. The van der Waals surface area contributed by atoms with Crippen LogP contribution >= 0.6 is 0 Å². The number of hydrogen-bond donors (Lipinski definition) is 2. The zero-order chi connectivity index (χ0) is 29.1. The van der Waals surface area contributed by atoms with Gasteiger partial charge in [-0.05, 0) is 31.9 Å². The van der Waals surface area contributed by atoms with E-state index < -0.39 is 11.9 Å². The summed E-state index contributed by atoms with van der Waals surface area (Å²) in [4.78, 5) is 41.5. The molecular formula is C28H38O9. The molecule has 0 spiro atoms. The first-order valence-corrected chi connectivity index (χ1v) is 11.2. The lowest BCUT2D eigenvalue weighted by Crippen LogP contribution is -2.06. The smallest absolute Gasteiger partial charge is 0.341 e. The molecule has 204 valence electrons. The van der Waals surface area contributed by atoms with Crippen LogP contribution in [0.2, 0.25) is 0 Å². The Kier molecular flexibility index (Phi) is 26.3. The molecule has 0 aliphatic carbocycles. The van der Waals surface area contributed by atoms with Crippen molar-refractivity contribution in [1.82, 2.24) is 0 Å². The first kappa shape index (κ1) is 37.2. The molecule has 0 aromatic heterocycles. The molecule has 0 fully saturated rings. The van der Waals surface area contributed by atoms with E-state index in [1.165, 1.54) is 18.7 Å². The second-order valence-corrected chi connectivity index (χ2v) is 6.59. The van der Waals surface area contributed by atoms with Gasteiger partial charge >= 0.3 is 23.9 Å². The van der Waals surface area contributed by atoms with E-state index in [9.17, 15) is 19.2 Å². The van der Waals surface area contributed by atoms with Crippen molar-refractivity contribution in [3.63, 3.8) is 0 Å². The molecule has 0 heterocycles. The molecule has 0 radical (unpaired) electrons. The van der Waals surface area contributed by atoms with Crippen LogP contribution in [0.3, 0.4) is 0 Å². The Hall–Kier alpha value is -4.40. The summed E-state index contributed by atoms with van der Waals surface area (Å²) >= 11 is 0. The topological polar surface area (TPSA) is 136 Å². The fourth-order valence-electron chi connectivity index (χ4n) is 1.68. The zero-order valence-electron chi connectivity index (χ0n) is 22.0. The minimum Gasteiger partial charge on any atom is -0.515 e. The number of carboxylic acid groups (broad SMARTS) is 1. The quantitative estimate of drug-likeness (QED) is 0.107. The molecule has 1 aromatic carbocycles. The number of carbonyl (C=O) groups is 4. The monoisotopic (exact) mass is 518 g/mol. The number of rotatable bonds is 10. The fourth-order valence-corrected chi connectivity index (χ4v) is 1.68. The number of methoxy groups -OCH3 is 1. The fraction of sp³-hybridized carbons (Fsp3) is 0.286. The highest BCUT2D eigenvalue weighted by Crippen LogP contribution is 1.99. The summed E-state index contributed by atoms with van der Waals surface area (Å²) in [6, 6.07) is 10.0. The SMILES string of the molecule is C=C(C)C(=O)OC.C=CC(=O)OCCCC.C=Cc1ccccc1.CCOC(=O)C(C=CC(=O)O)=CO. The number of carboxylic acids is 1. The Bertz CT molecular complexity index is 897. The molecule has 0 aliphatic heterocycles. The van der Waals surface area contributed by atoms with Gasteiger partial charge < -0.3 is 24.4 Å². The minimum absolute atomic E-state index is 0.164. The van der Waals surface area contributed by atoms with Crippen molar-refractivity contribution < 1.29 is 43.6 Å². The molecule has 9 heteroatoms. The maximum Gasteiger partial charge on any atom is 0.341 e. The van der Waals surface area contributed by atoms with Gasteiger partial charge in [0.1, 0.15) is 0 Å². The summed E-state index contributed by atoms with van der Waals surface area (Å²) in [5.74, 6) is -2.64. The van der Waals surface area contributed by atoms with Gasteiger partial charge in [-0.15, -0.1) is 0 Å². The highest BCUT2D eigenvalue weighted by atomic mass is 16.5. The van der Waals surface area contributed by atoms with E-state index in [0.717, 1.165) is 25.0 Å². The number of carbonyl (C=O) groups excluding carboxylic acids is 3. The van der Waals surface area contributed by atoms with Crippen LogP contribution in [-0.2, 0) is 33.4 Å². The van der Waals surface area contributed by atoms with Crippen molar-refractivity contribution in [3.05, 3.63) is 91.3 Å². The Morgan fingerprint density at radius 3 is 1.89 bits per heavy atom. The molecule has 9 nitrogen and oxygen atoms in total. The number of unbranched alkanes of at least 4 members (excludes halogenated alkanes) is 1. The highest BCUT2D eigenvalue weighted by molar-refractivity contribution is 5.93. The third kappa shape index (κ3) is 26.1. The standard InChI is InChI=1S/C8H10O5.C8H8.C7H12O2.C5H8O2/c1-2-13-8(12)6(5-9)3-4-7(10)11;1-2-8-6-4-3-5-7-8;1-3-5-6-9-7(8)4-2;1-4(2)5(6)7-3/h3-5,9H,2H2,1H3,(H,10,11);2-7H,1H2;4H,2-3,5-6H2,1H3;1H2,2-3H3. The minimum atomic E-state index is -1.20. The molecule has 1 aromatic rings. The van der Waals surface area contributed by atoms with Crippen molar-refractivity contribution in [1.29, 1.82) is 0 Å². The maximum absolute atomic E-state index is 10.9. The molecule has 0 unspecified atom stereocenters. The number of aliphatic hydroxyl groups excluding tert-OH is 1. The summed E-state index contributed by atoms with van der Waals surface area (Å²) in [5, 5.41) is 16.8. The average Bonchev–Trinajstić information content (AvgIpc) is 2.90. The number of benzene rings is 1. The molecule has 0 aliphatic rings. The first-order valence-electron chi connectivity index (χ1n) is 11.2. The number of aliphatic hydroxyl groups is 1. The van der Waals surface area contributed by atoms with Gasteiger partial charge in [0, 0.05) is 17.7 Å². The van der Waals surface area contributed by atoms with E-state index in [2.05, 4.69) is 33.9 Å². The molecular weight excluding hydrogens is 480 g/mol. The van der Waals surface area contributed by atoms with Crippen LogP contribution in [0.1, 0.15) is 39.2 Å². The first-order chi connectivity index (χ1) is 17.5. The van der Waals surface area contributed by atoms with E-state index >= 15 is 0 Å². The third-order valence-corrected chi connectivity index (χ3v) is 3.53. The zero-order valence-corrected chi connectivity index (χ0v) is 22.0. The summed E-state index contributed by atoms with van der Waals surface area (Å²) in [5.41, 5.74) is 1.40. The second kappa shape index (κ2) is 26.2. The van der Waals surface area contributed by atoms with Crippen LogP contribution in [0, 0.1) is 0 Å². The van der Waals surface area contributed by atoms with Gasteiger partial charge in [0.2, 0.25) is 0 Å².